The minimum absolute atomic E-state index is 0.330. The van der Waals surface area contributed by atoms with Gasteiger partial charge in [-0.3, -0.25) is 0 Å². The average molecular weight is 220 g/mol. The number of carbonyl (C=O) groups is 1. The first-order chi connectivity index (χ1) is 7.79. The predicted octanol–water partition coefficient (Wildman–Crippen LogP) is 1.94. The minimum Gasteiger partial charge on any atom is -0.462 e. The molecule has 0 heterocycles. The van der Waals surface area contributed by atoms with Gasteiger partial charge in [0.25, 0.3) is 0 Å². The average Bonchev–Trinajstić information content (AvgIpc) is 2.30. The van der Waals surface area contributed by atoms with E-state index in [9.17, 15) is 4.79 Å². The van der Waals surface area contributed by atoms with Gasteiger partial charge in [-0.1, -0.05) is 31.5 Å². The number of carbonyl (C=O) groups excluding carboxylic acids is 1. The number of hydrogen-bond acceptors (Lipinski definition) is 4. The maximum Gasteiger partial charge on any atom is 0.338 e. The molecule has 4 heteroatoms. The van der Waals surface area contributed by atoms with Gasteiger partial charge in [0.15, 0.2) is 0 Å². The largest absolute Gasteiger partial charge is 0.462 e. The summed E-state index contributed by atoms with van der Waals surface area (Å²) in [6, 6.07) is 7.07. The fourth-order valence-electron chi connectivity index (χ4n) is 1.26. The van der Waals surface area contributed by atoms with E-state index in [1.807, 2.05) is 13.0 Å². The molecule has 86 valence electrons. The SMILES string of the molecule is CCCCOC(=O)c1ccccc1/C=N/N. The smallest absolute Gasteiger partial charge is 0.338 e. The Morgan fingerprint density at radius 3 is 2.94 bits per heavy atom. The standard InChI is InChI=1S/C12H16N2O2/c1-2-3-8-16-12(15)11-7-5-4-6-10(11)9-14-13/h4-7,9H,2-3,8,13H2,1H3/b14-9+. The van der Waals surface area contributed by atoms with Gasteiger partial charge in [0, 0.05) is 5.56 Å². The van der Waals surface area contributed by atoms with Gasteiger partial charge in [0.1, 0.15) is 0 Å². The number of hydrogen-bond donors (Lipinski definition) is 1. The van der Waals surface area contributed by atoms with E-state index in [0.29, 0.717) is 17.7 Å². The first-order valence-corrected chi connectivity index (χ1v) is 5.29. The van der Waals surface area contributed by atoms with Gasteiger partial charge in [-0.15, -0.1) is 0 Å². The highest BCUT2D eigenvalue weighted by atomic mass is 16.5. The molecule has 16 heavy (non-hydrogen) atoms. The van der Waals surface area contributed by atoms with Crippen LogP contribution in [0.25, 0.3) is 0 Å². The van der Waals surface area contributed by atoms with Crippen LogP contribution in [0.4, 0.5) is 0 Å². The summed E-state index contributed by atoms with van der Waals surface area (Å²) in [6.45, 7) is 2.49. The fraction of sp³-hybridized carbons (Fsp3) is 0.333. The summed E-state index contributed by atoms with van der Waals surface area (Å²) in [6.07, 6.45) is 3.31. The third kappa shape index (κ3) is 3.38. The first-order valence-electron chi connectivity index (χ1n) is 5.29. The molecule has 0 saturated carbocycles. The molecule has 0 unspecified atom stereocenters. The second-order valence-electron chi connectivity index (χ2n) is 3.35. The summed E-state index contributed by atoms with van der Waals surface area (Å²) in [5, 5.41) is 3.41. The molecule has 0 bridgehead atoms. The van der Waals surface area contributed by atoms with Gasteiger partial charge < -0.3 is 10.6 Å². The van der Waals surface area contributed by atoms with Crippen molar-refractivity contribution in [3.63, 3.8) is 0 Å². The Labute approximate surface area is 95.1 Å². The van der Waals surface area contributed by atoms with Gasteiger partial charge in [0.05, 0.1) is 18.4 Å². The molecule has 0 amide bonds. The summed E-state index contributed by atoms with van der Waals surface area (Å²) >= 11 is 0. The lowest BCUT2D eigenvalue weighted by Crippen LogP contribution is -2.09. The number of rotatable bonds is 5. The summed E-state index contributed by atoms with van der Waals surface area (Å²) < 4.78 is 5.11. The van der Waals surface area contributed by atoms with Crippen molar-refractivity contribution in [3.05, 3.63) is 35.4 Å². The Kier molecular flexibility index (Phi) is 5.05. The van der Waals surface area contributed by atoms with Gasteiger partial charge in [-0.2, -0.15) is 5.10 Å². The molecule has 0 aliphatic rings. The molecular formula is C12H16N2O2. The van der Waals surface area contributed by atoms with Crippen molar-refractivity contribution >= 4 is 12.2 Å². The zero-order valence-electron chi connectivity index (χ0n) is 9.35. The van der Waals surface area contributed by atoms with Gasteiger partial charge in [-0.05, 0) is 12.5 Å². The third-order valence-corrected chi connectivity index (χ3v) is 2.13. The van der Waals surface area contributed by atoms with Crippen molar-refractivity contribution in [2.45, 2.75) is 19.8 Å². The van der Waals surface area contributed by atoms with Crippen LogP contribution >= 0.6 is 0 Å². The highest BCUT2D eigenvalue weighted by molar-refractivity contribution is 5.99. The number of ether oxygens (including phenoxy) is 1. The van der Waals surface area contributed by atoms with Crippen LogP contribution in [0.2, 0.25) is 0 Å². The van der Waals surface area contributed by atoms with E-state index in [-0.39, 0.29) is 5.97 Å². The molecular weight excluding hydrogens is 204 g/mol. The van der Waals surface area contributed by atoms with Crippen LogP contribution in [0.15, 0.2) is 29.4 Å². The molecule has 0 fully saturated rings. The maximum atomic E-state index is 11.7. The lowest BCUT2D eigenvalue weighted by atomic mass is 10.1. The van der Waals surface area contributed by atoms with Crippen molar-refractivity contribution in [1.29, 1.82) is 0 Å². The summed E-state index contributed by atoms with van der Waals surface area (Å²) in [5.41, 5.74) is 1.17. The quantitative estimate of drug-likeness (QED) is 0.271. The van der Waals surface area contributed by atoms with Crippen molar-refractivity contribution in [2.24, 2.45) is 10.9 Å². The third-order valence-electron chi connectivity index (χ3n) is 2.13. The Hall–Kier alpha value is -1.84. The molecule has 0 radical (unpaired) electrons. The van der Waals surface area contributed by atoms with E-state index < -0.39 is 0 Å². The normalized spacial score (nSPS) is 10.6. The van der Waals surface area contributed by atoms with Crippen LogP contribution in [0, 0.1) is 0 Å². The van der Waals surface area contributed by atoms with E-state index in [1.165, 1.54) is 6.21 Å². The number of benzene rings is 1. The van der Waals surface area contributed by atoms with Crippen LogP contribution < -0.4 is 5.84 Å². The van der Waals surface area contributed by atoms with Gasteiger partial charge >= 0.3 is 5.97 Å². The van der Waals surface area contributed by atoms with Crippen LogP contribution in [0.3, 0.4) is 0 Å². The van der Waals surface area contributed by atoms with Crippen LogP contribution in [-0.2, 0) is 4.74 Å². The maximum absolute atomic E-state index is 11.7. The van der Waals surface area contributed by atoms with E-state index in [4.69, 9.17) is 10.6 Å². The predicted molar refractivity (Wildman–Crippen MR) is 63.4 cm³/mol. The Balaban J connectivity index is 2.74. The molecule has 0 aliphatic carbocycles. The highest BCUT2D eigenvalue weighted by Crippen LogP contribution is 2.08. The number of esters is 1. The monoisotopic (exact) mass is 220 g/mol. The first kappa shape index (κ1) is 12.2. The Morgan fingerprint density at radius 1 is 1.50 bits per heavy atom. The summed E-state index contributed by atoms with van der Waals surface area (Å²) in [5.74, 6) is 4.74. The van der Waals surface area contributed by atoms with Gasteiger partial charge in [-0.25, -0.2) is 4.79 Å². The van der Waals surface area contributed by atoms with Crippen molar-refractivity contribution in [3.8, 4) is 0 Å². The van der Waals surface area contributed by atoms with Crippen molar-refractivity contribution < 1.29 is 9.53 Å². The zero-order valence-corrected chi connectivity index (χ0v) is 9.35. The molecule has 0 atom stereocenters. The summed E-state index contributed by atoms with van der Waals surface area (Å²) in [7, 11) is 0. The van der Waals surface area contributed by atoms with E-state index in [0.717, 1.165) is 12.8 Å². The lowest BCUT2D eigenvalue weighted by Gasteiger charge is -2.05. The van der Waals surface area contributed by atoms with E-state index in [1.54, 1.807) is 18.2 Å². The topological polar surface area (TPSA) is 64.7 Å². The van der Waals surface area contributed by atoms with Crippen molar-refractivity contribution in [1.82, 2.24) is 0 Å². The second kappa shape index (κ2) is 6.61. The molecule has 1 aromatic carbocycles. The van der Waals surface area contributed by atoms with E-state index in [2.05, 4.69) is 5.10 Å². The zero-order chi connectivity index (χ0) is 11.8. The molecule has 4 nitrogen and oxygen atoms in total. The highest BCUT2D eigenvalue weighted by Gasteiger charge is 2.10. The Morgan fingerprint density at radius 2 is 2.25 bits per heavy atom. The molecule has 1 aromatic rings. The molecule has 0 saturated heterocycles. The molecule has 0 spiro atoms. The Bertz CT molecular complexity index is 375. The number of nitrogens with two attached hydrogens (primary N) is 1. The van der Waals surface area contributed by atoms with Crippen molar-refractivity contribution in [2.75, 3.05) is 6.61 Å². The molecule has 0 aromatic heterocycles. The number of hydrazone groups is 1. The summed E-state index contributed by atoms with van der Waals surface area (Å²) in [4.78, 5) is 11.7. The van der Waals surface area contributed by atoms with E-state index >= 15 is 0 Å². The number of unbranched alkanes of at least 4 members (excludes halogenated alkanes) is 1. The molecule has 0 aliphatic heterocycles. The van der Waals surface area contributed by atoms with Crippen LogP contribution in [-0.4, -0.2) is 18.8 Å². The van der Waals surface area contributed by atoms with Crippen LogP contribution in [0.1, 0.15) is 35.7 Å². The molecule has 2 N–H and O–H groups in total. The lowest BCUT2D eigenvalue weighted by molar-refractivity contribution is 0.0499. The number of nitrogens with zero attached hydrogens (tertiary/aromatic N) is 1. The second-order valence-corrected chi connectivity index (χ2v) is 3.35. The fourth-order valence-corrected chi connectivity index (χ4v) is 1.26. The molecule has 1 rings (SSSR count). The van der Waals surface area contributed by atoms with Gasteiger partial charge in [0.2, 0.25) is 0 Å². The minimum atomic E-state index is -0.330. The van der Waals surface area contributed by atoms with Crippen LogP contribution in [0.5, 0.6) is 0 Å².